The van der Waals surface area contributed by atoms with Crippen LogP contribution in [0.15, 0.2) is 0 Å². The van der Waals surface area contributed by atoms with Gasteiger partial charge in [0.1, 0.15) is 6.02 Å². The quantitative estimate of drug-likeness (QED) is 0.448. The molecule has 3 heteroatoms. The van der Waals surface area contributed by atoms with Gasteiger partial charge in [0.05, 0.1) is 1.37 Å². The van der Waals surface area contributed by atoms with Gasteiger partial charge in [-0.25, -0.2) is 0 Å². The first-order valence-corrected chi connectivity index (χ1v) is 1.97. The van der Waals surface area contributed by atoms with Crippen LogP contribution >= 0.6 is 0 Å². The van der Waals surface area contributed by atoms with Gasteiger partial charge in [0.15, 0.2) is 0 Å². The van der Waals surface area contributed by atoms with Crippen LogP contribution in [-0.4, -0.2) is 17.1 Å². The molecule has 0 heterocycles. The SMILES string of the molecule is [2H]C([2H])([2H])[13C]([2H])(C([2H])([2H])[2H])[13C]([2H])([2H])[13C@]([2H])([15NH2])[13C](=O)O. The molecule has 0 radical (unpaired) electrons. The lowest BCUT2D eigenvalue weighted by molar-refractivity contribution is -0.138. The molecule has 0 fully saturated rings. The molecule has 3 N–H and O–H groups in total. The van der Waals surface area contributed by atoms with Gasteiger partial charge >= 0.3 is 5.97 Å². The van der Waals surface area contributed by atoms with E-state index in [1.165, 1.54) is 0 Å². The molecule has 9 heavy (non-hydrogen) atoms. The summed E-state index contributed by atoms with van der Waals surface area (Å²) in [5.74, 6) is -6.15. The van der Waals surface area contributed by atoms with Crippen LogP contribution < -0.4 is 5.73 Å². The fourth-order valence-electron chi connectivity index (χ4n) is 0.188. The molecule has 3 nitrogen and oxygen atoms in total. The summed E-state index contributed by atoms with van der Waals surface area (Å²) in [6.07, 6.45) is -3.87. The topological polar surface area (TPSA) is 63.3 Å². The molecule has 0 saturated carbocycles. The van der Waals surface area contributed by atoms with Crippen molar-refractivity contribution in [3.8, 4) is 0 Å². The maximum Gasteiger partial charge on any atom is 0.320 e. The van der Waals surface area contributed by atoms with E-state index in [-0.39, 0.29) is 0 Å². The van der Waals surface area contributed by atoms with Crippen LogP contribution in [0.3, 0.4) is 0 Å². The van der Waals surface area contributed by atoms with Gasteiger partial charge in [-0.1, -0.05) is 13.7 Å². The minimum atomic E-state index is -3.87. The highest BCUT2D eigenvalue weighted by Gasteiger charge is 2.11. The Bertz CT molecular complexity index is 355. The number of nitrogens with two attached hydrogens (primary N) is 1. The lowest BCUT2D eigenvalue weighted by Gasteiger charge is -2.07. The highest BCUT2D eigenvalue weighted by molar-refractivity contribution is 5.72. The van der Waals surface area contributed by atoms with Crippen LogP contribution in [0.2, 0.25) is 0 Å². The monoisotopic (exact) mass is 146 g/mol. The van der Waals surface area contributed by atoms with Crippen molar-refractivity contribution in [1.82, 2.24) is 0 Å². The normalized spacial score (nSPS) is 39.2. The molecule has 0 aliphatic rings. The third-order valence-corrected chi connectivity index (χ3v) is 0.490. The lowest BCUT2D eigenvalue weighted by Crippen LogP contribution is -2.31. The summed E-state index contributed by atoms with van der Waals surface area (Å²) in [6.45, 7) is -7.44. The first-order valence-electron chi connectivity index (χ1n) is 6.97. The second-order valence-corrected chi connectivity index (χ2v) is 1.22. The van der Waals surface area contributed by atoms with Crippen LogP contribution in [0.5, 0.6) is 0 Å². The minimum Gasteiger partial charge on any atom is -0.480 e. The summed E-state index contributed by atoms with van der Waals surface area (Å²) in [5, 5.41) is 8.67. The molecule has 1 atom stereocenters. The minimum absolute atomic E-state index is 2.28. The molecule has 0 saturated heterocycles. The Hall–Kier alpha value is -0.570. The zero-order valence-corrected chi connectivity index (χ0v) is 4.43. The van der Waals surface area contributed by atoms with Gasteiger partial charge in [-0.2, -0.15) is 0 Å². The average molecular weight is 146 g/mol. The lowest BCUT2D eigenvalue weighted by atomic mass is 10.8. The zero-order valence-electron chi connectivity index (χ0n) is 14.4. The summed E-state index contributed by atoms with van der Waals surface area (Å²) in [5.41, 5.74) is 4.89. The first kappa shape index (κ1) is 1.53. The van der Waals surface area contributed by atoms with Crippen LogP contribution in [0.4, 0.5) is 0 Å². The van der Waals surface area contributed by atoms with Crippen LogP contribution in [-0.2, 0) is 4.79 Å². The van der Waals surface area contributed by atoms with Gasteiger partial charge < -0.3 is 10.8 Å². The number of carboxylic acids is 1. The van der Waals surface area contributed by atoms with Gasteiger partial charge in [0.2, 0.25) is 0 Å². The van der Waals surface area contributed by atoms with E-state index in [9.17, 15) is 4.79 Å². The number of hydrogen-bond acceptors (Lipinski definition) is 2. The van der Waals surface area contributed by atoms with E-state index < -0.39 is 38.0 Å². The number of rotatable bonds is 3. The third-order valence-electron chi connectivity index (χ3n) is 0.490. The number of aliphatic carboxylic acids is 1. The van der Waals surface area contributed by atoms with Crippen molar-refractivity contribution in [3.05, 3.63) is 0 Å². The fourth-order valence-corrected chi connectivity index (χ4v) is 0.188. The van der Waals surface area contributed by atoms with Gasteiger partial charge in [-0.05, 0) is 12.3 Å². The van der Waals surface area contributed by atoms with E-state index in [4.69, 9.17) is 24.5 Å². The smallest absolute Gasteiger partial charge is 0.320 e. The van der Waals surface area contributed by atoms with Crippen molar-refractivity contribution in [3.63, 3.8) is 0 Å². The van der Waals surface area contributed by atoms with Crippen molar-refractivity contribution >= 4 is 5.97 Å². The highest BCUT2D eigenvalue weighted by atomic mass is 16.5. The van der Waals surface area contributed by atoms with Crippen molar-refractivity contribution in [2.75, 3.05) is 0 Å². The van der Waals surface area contributed by atoms with Crippen LogP contribution in [0.25, 0.3) is 0 Å². The van der Waals surface area contributed by atoms with E-state index in [0.29, 0.717) is 0 Å². The highest BCUT2D eigenvalue weighted by Crippen LogP contribution is 2.01. The molecular weight excluding hydrogens is 123 g/mol. The Labute approximate surface area is 68.9 Å². The van der Waals surface area contributed by atoms with Gasteiger partial charge in [0, 0.05) is 12.3 Å². The average Bonchev–Trinajstić information content (AvgIpc) is 2.11. The van der Waals surface area contributed by atoms with E-state index in [1.807, 2.05) is 0 Å². The first-order chi connectivity index (χ1) is 7.94. The number of hydrogen-bond donors (Lipinski definition) is 2. The predicted molar refractivity (Wildman–Crippen MR) is 35.1 cm³/mol. The maximum absolute atomic E-state index is 10.8. The standard InChI is InChI=1S/C6H13NO2/c1-4(2)3-5(7)6(8)9/h4-5H,3,7H2,1-2H3,(H,8,9)/t5-/m0/s1/i1D3,2D3,3+1D2,4+1D,5+1D,6+1,7+1. The molecule has 0 spiro atoms. The third kappa shape index (κ3) is 3.97. The summed E-state index contributed by atoms with van der Waals surface area (Å²) >= 11 is 0. The van der Waals surface area contributed by atoms with Crippen LogP contribution in [0.1, 0.15) is 33.8 Å². The molecule has 0 aromatic heterocycles. The van der Waals surface area contributed by atoms with E-state index >= 15 is 0 Å². The molecule has 0 bridgehead atoms. The largest absolute Gasteiger partial charge is 0.480 e. The second kappa shape index (κ2) is 3.45. The van der Waals surface area contributed by atoms with E-state index in [1.54, 1.807) is 0 Å². The Kier molecular flexibility index (Phi) is 0.588. The Morgan fingerprint density at radius 2 is 2.67 bits per heavy atom. The van der Waals surface area contributed by atoms with Gasteiger partial charge in [-0.15, -0.1) is 0 Å². The van der Waals surface area contributed by atoms with Crippen molar-refractivity contribution < 1.29 is 23.6 Å². The van der Waals surface area contributed by atoms with Crippen molar-refractivity contribution in [2.45, 2.75) is 26.1 Å². The Balaban J connectivity index is 6.29. The number of carbonyl (C=O) groups is 1. The molecule has 0 aromatic carbocycles. The van der Waals surface area contributed by atoms with Gasteiger partial charge in [-0.3, -0.25) is 4.79 Å². The molecule has 0 aliphatic heterocycles. The van der Waals surface area contributed by atoms with E-state index in [0.717, 1.165) is 0 Å². The molecule has 0 rings (SSSR count). The maximum atomic E-state index is 10.8. The Morgan fingerprint density at radius 3 is 3.00 bits per heavy atom. The number of carboxylic acid groups (broad SMARTS) is 1. The molecule has 0 amide bonds. The second-order valence-electron chi connectivity index (χ2n) is 1.22. The van der Waals surface area contributed by atoms with Gasteiger partial charge in [0.25, 0.3) is 0 Å². The molecular formula is C6H13NO2. The molecule has 54 valence electrons. The van der Waals surface area contributed by atoms with E-state index in [2.05, 4.69) is 0 Å². The summed E-state index contributed by atoms with van der Waals surface area (Å²) in [7, 11) is 0. The molecule has 0 unspecified atom stereocenters. The summed E-state index contributed by atoms with van der Waals surface area (Å²) in [6, 6.07) is -3.61. The zero-order chi connectivity index (χ0) is 16.1. The van der Waals surface area contributed by atoms with Crippen molar-refractivity contribution in [1.29, 1.82) is 0 Å². The van der Waals surface area contributed by atoms with Crippen LogP contribution in [0, 0.1) is 5.89 Å². The predicted octanol–water partition coefficient (Wildman–Crippen LogP) is 0.444. The molecule has 0 aromatic rings. The molecule has 0 aliphatic carbocycles. The summed E-state index contributed by atoms with van der Waals surface area (Å²) < 4.78 is 71.7. The summed E-state index contributed by atoms with van der Waals surface area (Å²) in [4.78, 5) is 10.8. The van der Waals surface area contributed by atoms with Crippen molar-refractivity contribution in [2.24, 2.45) is 11.6 Å². The Morgan fingerprint density at radius 1 is 2.11 bits per heavy atom. The fraction of sp³-hybridized carbons (Fsp3) is 0.833.